The predicted octanol–water partition coefficient (Wildman–Crippen LogP) is 4.05. The fourth-order valence-electron chi connectivity index (χ4n) is 2.67. The molecule has 0 aliphatic heterocycles. The number of nitriles is 1. The lowest BCUT2D eigenvalue weighted by molar-refractivity contribution is 0.386. The van der Waals surface area contributed by atoms with E-state index in [1.807, 2.05) is 0 Å². The van der Waals surface area contributed by atoms with E-state index in [1.165, 1.54) is 57.0 Å². The van der Waals surface area contributed by atoms with Crippen LogP contribution in [0.25, 0.3) is 0 Å². The molecule has 0 atom stereocenters. The number of nitrogens with zero attached hydrogens (tertiary/aromatic N) is 2. The van der Waals surface area contributed by atoms with Crippen LogP contribution in [0.4, 0.5) is 0 Å². The van der Waals surface area contributed by atoms with Crippen molar-refractivity contribution in [3.8, 4) is 6.07 Å². The molecule has 2 aliphatic rings. The van der Waals surface area contributed by atoms with E-state index in [9.17, 15) is 0 Å². The van der Waals surface area contributed by atoms with E-state index in [4.69, 9.17) is 9.55 Å². The number of rotatable bonds is 4. The van der Waals surface area contributed by atoms with Gasteiger partial charge in [-0.25, -0.2) is 0 Å². The molecule has 2 rings (SSSR count). The molecule has 2 saturated carbocycles. The third-order valence-electron chi connectivity index (χ3n) is 3.72. The molecule has 0 heterocycles. The maximum absolute atomic E-state index is 9.05. The number of hydrogen-bond acceptors (Lipinski definition) is 4. The van der Waals surface area contributed by atoms with E-state index < -0.39 is 0 Å². The minimum absolute atomic E-state index is 0.354. The lowest BCUT2D eigenvalue weighted by Crippen LogP contribution is -2.10. The van der Waals surface area contributed by atoms with Gasteiger partial charge in [-0.1, -0.05) is 37.3 Å². The fourth-order valence-corrected chi connectivity index (χ4v) is 3.44. The predicted molar refractivity (Wildman–Crippen MR) is 70.6 cm³/mol. The first-order valence-electron chi connectivity index (χ1n) is 6.70. The lowest BCUT2D eigenvalue weighted by Gasteiger charge is -2.18. The normalized spacial score (nSPS) is 23.6. The van der Waals surface area contributed by atoms with Crippen LogP contribution in [0.2, 0.25) is 0 Å². The summed E-state index contributed by atoms with van der Waals surface area (Å²) >= 11 is 1.46. The summed E-state index contributed by atoms with van der Waals surface area (Å²) in [5.74, 6) is 0.354. The highest BCUT2D eigenvalue weighted by atomic mass is 32.2. The molecule has 0 N–H and O–H groups in total. The van der Waals surface area contributed by atoms with Gasteiger partial charge in [0, 0.05) is 11.2 Å². The van der Waals surface area contributed by atoms with Gasteiger partial charge in [-0.2, -0.15) is 5.26 Å². The Bertz CT molecular complexity index is 299. The van der Waals surface area contributed by atoms with E-state index in [2.05, 4.69) is 11.2 Å². The standard InChI is InChI=1S/C13H20N2OS/c14-10-13(11-6-4-5-7-11)15-16-17-12-8-2-1-3-9-12/h11-12H,1-9H2. The topological polar surface area (TPSA) is 45.4 Å². The third-order valence-corrected chi connectivity index (χ3v) is 4.63. The molecule has 17 heavy (non-hydrogen) atoms. The SMILES string of the molecule is N#CC(=NOSC1CCCCC1)C1CCCC1. The number of hydrogen-bond donors (Lipinski definition) is 0. The van der Waals surface area contributed by atoms with Crippen LogP contribution in [-0.2, 0) is 4.28 Å². The van der Waals surface area contributed by atoms with Gasteiger partial charge in [0.2, 0.25) is 0 Å². The highest BCUT2D eigenvalue weighted by Crippen LogP contribution is 2.30. The van der Waals surface area contributed by atoms with Gasteiger partial charge >= 0.3 is 0 Å². The van der Waals surface area contributed by atoms with Crippen molar-refractivity contribution < 1.29 is 4.28 Å². The zero-order valence-electron chi connectivity index (χ0n) is 10.2. The van der Waals surface area contributed by atoms with Crippen LogP contribution in [0.15, 0.2) is 5.16 Å². The summed E-state index contributed by atoms with van der Waals surface area (Å²) in [4.78, 5) is 0. The van der Waals surface area contributed by atoms with Gasteiger partial charge in [0.15, 0.2) is 5.71 Å². The van der Waals surface area contributed by atoms with Crippen molar-refractivity contribution in [3.05, 3.63) is 0 Å². The van der Waals surface area contributed by atoms with Gasteiger partial charge in [-0.05, 0) is 25.7 Å². The minimum atomic E-state index is 0.354. The van der Waals surface area contributed by atoms with Gasteiger partial charge in [-0.15, -0.1) is 0 Å². The smallest absolute Gasteiger partial charge is 0.161 e. The van der Waals surface area contributed by atoms with Crippen molar-refractivity contribution in [2.24, 2.45) is 11.1 Å². The van der Waals surface area contributed by atoms with Crippen LogP contribution in [0.3, 0.4) is 0 Å². The van der Waals surface area contributed by atoms with Crippen molar-refractivity contribution in [2.45, 2.75) is 63.0 Å². The second-order valence-electron chi connectivity index (χ2n) is 5.00. The van der Waals surface area contributed by atoms with Crippen LogP contribution in [-0.4, -0.2) is 11.0 Å². The van der Waals surface area contributed by atoms with Crippen molar-refractivity contribution in [3.63, 3.8) is 0 Å². The Kier molecular flexibility index (Phi) is 5.18. The second-order valence-corrected chi connectivity index (χ2v) is 6.01. The van der Waals surface area contributed by atoms with E-state index in [0.717, 1.165) is 12.8 Å². The molecule has 3 nitrogen and oxygen atoms in total. The first-order chi connectivity index (χ1) is 8.40. The summed E-state index contributed by atoms with van der Waals surface area (Å²) in [5, 5.41) is 13.7. The van der Waals surface area contributed by atoms with E-state index in [1.54, 1.807) is 0 Å². The summed E-state index contributed by atoms with van der Waals surface area (Å²) in [6, 6.07) is 2.19. The van der Waals surface area contributed by atoms with Crippen molar-refractivity contribution in [1.82, 2.24) is 0 Å². The summed E-state index contributed by atoms with van der Waals surface area (Å²) < 4.78 is 5.32. The summed E-state index contributed by atoms with van der Waals surface area (Å²) in [6.07, 6.45) is 11.1. The van der Waals surface area contributed by atoms with Crippen LogP contribution in [0.1, 0.15) is 57.8 Å². The van der Waals surface area contributed by atoms with Crippen LogP contribution in [0.5, 0.6) is 0 Å². The first kappa shape index (κ1) is 12.8. The summed E-state index contributed by atoms with van der Waals surface area (Å²) in [5.41, 5.74) is 0.603. The van der Waals surface area contributed by atoms with Gasteiger partial charge in [0.05, 0.1) is 12.0 Å². The van der Waals surface area contributed by atoms with Crippen LogP contribution < -0.4 is 0 Å². The average molecular weight is 252 g/mol. The molecule has 0 radical (unpaired) electrons. The molecule has 94 valence electrons. The van der Waals surface area contributed by atoms with Gasteiger partial charge in [-0.3, -0.25) is 0 Å². The molecular weight excluding hydrogens is 232 g/mol. The monoisotopic (exact) mass is 252 g/mol. The average Bonchev–Trinajstić information content (AvgIpc) is 2.90. The largest absolute Gasteiger partial charge is 0.321 e. The van der Waals surface area contributed by atoms with Gasteiger partial charge in [0.1, 0.15) is 6.07 Å². The fraction of sp³-hybridized carbons (Fsp3) is 0.846. The Morgan fingerprint density at radius 3 is 2.35 bits per heavy atom. The maximum Gasteiger partial charge on any atom is 0.161 e. The molecule has 0 aromatic heterocycles. The molecule has 0 amide bonds. The van der Waals surface area contributed by atoms with E-state index in [-0.39, 0.29) is 0 Å². The zero-order valence-corrected chi connectivity index (χ0v) is 11.0. The van der Waals surface area contributed by atoms with Crippen molar-refractivity contribution in [2.75, 3.05) is 0 Å². The van der Waals surface area contributed by atoms with Gasteiger partial charge in [0.25, 0.3) is 0 Å². The molecule has 2 aliphatic carbocycles. The Hall–Kier alpha value is -0.690. The Morgan fingerprint density at radius 1 is 1.06 bits per heavy atom. The zero-order chi connectivity index (χ0) is 11.9. The molecule has 0 aromatic carbocycles. The Labute approximate surface area is 108 Å². The Balaban J connectivity index is 1.75. The number of oxime groups is 1. The molecule has 0 unspecified atom stereocenters. The second kappa shape index (κ2) is 6.90. The van der Waals surface area contributed by atoms with Crippen molar-refractivity contribution >= 4 is 17.8 Å². The van der Waals surface area contributed by atoms with Crippen LogP contribution >= 0.6 is 12.0 Å². The molecule has 0 bridgehead atoms. The molecule has 0 aromatic rings. The molecule has 0 spiro atoms. The molecule has 4 heteroatoms. The third kappa shape index (κ3) is 3.92. The minimum Gasteiger partial charge on any atom is -0.321 e. The highest BCUT2D eigenvalue weighted by Gasteiger charge is 2.22. The summed E-state index contributed by atoms with van der Waals surface area (Å²) in [6.45, 7) is 0. The van der Waals surface area contributed by atoms with Crippen LogP contribution in [0, 0.1) is 17.2 Å². The molecular formula is C13H20N2OS. The quantitative estimate of drug-likeness (QED) is 0.430. The summed E-state index contributed by atoms with van der Waals surface area (Å²) in [7, 11) is 0. The Morgan fingerprint density at radius 2 is 1.71 bits per heavy atom. The lowest BCUT2D eigenvalue weighted by atomic mass is 10.0. The molecule has 2 fully saturated rings. The van der Waals surface area contributed by atoms with E-state index >= 15 is 0 Å². The van der Waals surface area contributed by atoms with E-state index in [0.29, 0.717) is 16.9 Å². The van der Waals surface area contributed by atoms with Gasteiger partial charge < -0.3 is 4.28 Å². The maximum atomic E-state index is 9.05. The first-order valence-corrected chi connectivity index (χ1v) is 7.51. The van der Waals surface area contributed by atoms with Crippen molar-refractivity contribution in [1.29, 1.82) is 5.26 Å². The molecule has 0 saturated heterocycles. The highest BCUT2D eigenvalue weighted by molar-refractivity contribution is 7.95.